The van der Waals surface area contributed by atoms with Crippen molar-refractivity contribution in [3.05, 3.63) is 40.2 Å². The molecule has 0 spiro atoms. The van der Waals surface area contributed by atoms with Crippen molar-refractivity contribution in [1.29, 1.82) is 0 Å². The minimum Gasteiger partial charge on any atom is -0.373 e. The second-order valence-corrected chi connectivity index (χ2v) is 5.05. The van der Waals surface area contributed by atoms with E-state index in [-0.39, 0.29) is 5.82 Å². The van der Waals surface area contributed by atoms with E-state index in [1.807, 2.05) is 13.1 Å². The Labute approximate surface area is 120 Å². The summed E-state index contributed by atoms with van der Waals surface area (Å²) in [5.74, 6) is 0.972. The third-order valence-electron chi connectivity index (χ3n) is 2.71. The zero-order chi connectivity index (χ0) is 13.8. The summed E-state index contributed by atoms with van der Waals surface area (Å²) in [5, 5.41) is 3.01. The van der Waals surface area contributed by atoms with Gasteiger partial charge in [0.05, 0.1) is 0 Å². The van der Waals surface area contributed by atoms with Gasteiger partial charge in [-0.2, -0.15) is 0 Å². The summed E-state index contributed by atoms with van der Waals surface area (Å²) >= 11 is 3.41. The van der Waals surface area contributed by atoms with Crippen molar-refractivity contribution < 1.29 is 4.39 Å². The maximum Gasteiger partial charge on any atom is 0.162 e. The maximum atomic E-state index is 13.4. The summed E-state index contributed by atoms with van der Waals surface area (Å²) in [6, 6.07) is 6.43. The molecule has 2 rings (SSSR count). The van der Waals surface area contributed by atoms with Gasteiger partial charge < -0.3 is 5.32 Å². The maximum absolute atomic E-state index is 13.4. The van der Waals surface area contributed by atoms with Gasteiger partial charge >= 0.3 is 0 Å². The average molecular weight is 324 g/mol. The van der Waals surface area contributed by atoms with Crippen LogP contribution in [0.2, 0.25) is 0 Å². The van der Waals surface area contributed by atoms with Crippen LogP contribution in [0.15, 0.2) is 28.7 Å². The Bertz CT molecular complexity index is 587. The van der Waals surface area contributed by atoms with Crippen molar-refractivity contribution in [3.63, 3.8) is 0 Å². The molecule has 1 N–H and O–H groups in total. The number of hydrogen-bond donors (Lipinski definition) is 1. The van der Waals surface area contributed by atoms with Gasteiger partial charge in [-0.1, -0.05) is 29.3 Å². The Morgan fingerprint density at radius 1 is 1.26 bits per heavy atom. The smallest absolute Gasteiger partial charge is 0.162 e. The third-order valence-corrected chi connectivity index (χ3v) is 3.40. The van der Waals surface area contributed by atoms with E-state index in [9.17, 15) is 4.39 Å². The molecule has 0 aliphatic rings. The molecule has 0 radical (unpaired) electrons. The highest BCUT2D eigenvalue weighted by atomic mass is 79.9. The average Bonchev–Trinajstić information content (AvgIpc) is 2.41. The predicted octanol–water partition coefficient (Wildman–Crippen LogP) is 4.04. The lowest BCUT2D eigenvalue weighted by Crippen LogP contribution is -2.01. The Morgan fingerprint density at radius 2 is 2.05 bits per heavy atom. The Kier molecular flexibility index (Phi) is 4.47. The van der Waals surface area contributed by atoms with Crippen LogP contribution in [-0.4, -0.2) is 17.0 Å². The molecule has 100 valence electrons. The SMILES string of the molecule is CCCc1cc(NC)nc(-c2cc(F)ccc2Br)n1. The highest BCUT2D eigenvalue weighted by molar-refractivity contribution is 9.10. The summed E-state index contributed by atoms with van der Waals surface area (Å²) in [6.45, 7) is 2.10. The van der Waals surface area contributed by atoms with Gasteiger partial charge in [0.25, 0.3) is 0 Å². The zero-order valence-electron chi connectivity index (χ0n) is 10.9. The normalized spacial score (nSPS) is 10.5. The molecule has 1 aromatic carbocycles. The molecule has 0 saturated heterocycles. The number of benzene rings is 1. The quantitative estimate of drug-likeness (QED) is 0.922. The first-order chi connectivity index (χ1) is 9.13. The van der Waals surface area contributed by atoms with Crippen molar-refractivity contribution in [2.24, 2.45) is 0 Å². The number of aromatic nitrogens is 2. The molecule has 0 amide bonds. The Morgan fingerprint density at radius 3 is 2.74 bits per heavy atom. The summed E-state index contributed by atoms with van der Waals surface area (Å²) in [6.07, 6.45) is 1.88. The first-order valence-corrected chi connectivity index (χ1v) is 6.94. The first-order valence-electron chi connectivity index (χ1n) is 6.15. The van der Waals surface area contributed by atoms with Gasteiger partial charge in [0.15, 0.2) is 5.82 Å². The van der Waals surface area contributed by atoms with Crippen LogP contribution in [0.4, 0.5) is 10.2 Å². The number of rotatable bonds is 4. The number of nitrogens with zero attached hydrogens (tertiary/aromatic N) is 2. The fourth-order valence-electron chi connectivity index (χ4n) is 1.80. The van der Waals surface area contributed by atoms with Gasteiger partial charge in [-0.3, -0.25) is 0 Å². The van der Waals surface area contributed by atoms with Crippen LogP contribution < -0.4 is 5.32 Å². The van der Waals surface area contributed by atoms with E-state index in [1.165, 1.54) is 12.1 Å². The van der Waals surface area contributed by atoms with E-state index < -0.39 is 0 Å². The highest BCUT2D eigenvalue weighted by Gasteiger charge is 2.10. The summed E-state index contributed by atoms with van der Waals surface area (Å²) in [7, 11) is 1.81. The molecule has 1 heterocycles. The van der Waals surface area contributed by atoms with Crippen LogP contribution in [0.1, 0.15) is 19.0 Å². The zero-order valence-corrected chi connectivity index (χ0v) is 12.5. The van der Waals surface area contributed by atoms with E-state index in [4.69, 9.17) is 0 Å². The number of halogens is 2. The van der Waals surface area contributed by atoms with Crippen molar-refractivity contribution in [1.82, 2.24) is 9.97 Å². The van der Waals surface area contributed by atoms with Crippen molar-refractivity contribution in [3.8, 4) is 11.4 Å². The topological polar surface area (TPSA) is 37.8 Å². The molecule has 0 unspecified atom stereocenters. The van der Waals surface area contributed by atoms with E-state index in [0.717, 1.165) is 28.8 Å². The van der Waals surface area contributed by atoms with Gasteiger partial charge in [-0.25, -0.2) is 14.4 Å². The molecule has 2 aromatic rings. The molecule has 0 aliphatic heterocycles. The van der Waals surface area contributed by atoms with Crippen molar-refractivity contribution in [2.75, 3.05) is 12.4 Å². The van der Waals surface area contributed by atoms with Gasteiger partial charge in [-0.15, -0.1) is 0 Å². The number of hydrogen-bond acceptors (Lipinski definition) is 3. The van der Waals surface area contributed by atoms with Gasteiger partial charge in [0.2, 0.25) is 0 Å². The number of nitrogens with one attached hydrogen (secondary N) is 1. The first kappa shape index (κ1) is 13.9. The minimum atomic E-state index is -0.297. The van der Waals surface area contributed by atoms with Crippen LogP contribution in [0.25, 0.3) is 11.4 Å². The molecule has 3 nitrogen and oxygen atoms in total. The van der Waals surface area contributed by atoms with E-state index in [1.54, 1.807) is 6.07 Å². The van der Waals surface area contributed by atoms with Gasteiger partial charge in [-0.05, 0) is 24.6 Å². The molecule has 19 heavy (non-hydrogen) atoms. The van der Waals surface area contributed by atoms with E-state index in [2.05, 4.69) is 38.1 Å². The Hall–Kier alpha value is -1.49. The number of aryl methyl sites for hydroxylation is 1. The van der Waals surface area contributed by atoms with Gasteiger partial charge in [0, 0.05) is 28.8 Å². The van der Waals surface area contributed by atoms with Crippen molar-refractivity contribution in [2.45, 2.75) is 19.8 Å². The monoisotopic (exact) mass is 323 g/mol. The molecule has 0 bridgehead atoms. The Balaban J connectivity index is 2.54. The van der Waals surface area contributed by atoms with Crippen LogP contribution >= 0.6 is 15.9 Å². The molecule has 0 fully saturated rings. The lowest BCUT2D eigenvalue weighted by Gasteiger charge is -2.09. The summed E-state index contributed by atoms with van der Waals surface area (Å²) in [4.78, 5) is 8.88. The minimum absolute atomic E-state index is 0.297. The fourth-order valence-corrected chi connectivity index (χ4v) is 2.22. The number of anilines is 1. The standard InChI is InChI=1S/C14H15BrFN3/c1-3-4-10-8-13(17-2)19-14(18-10)11-7-9(16)5-6-12(11)15/h5-8H,3-4H2,1-2H3,(H,17,18,19). The van der Waals surface area contributed by atoms with Crippen LogP contribution in [0.5, 0.6) is 0 Å². The molecule has 0 aliphatic carbocycles. The summed E-state index contributed by atoms with van der Waals surface area (Å²) < 4.78 is 14.2. The van der Waals surface area contributed by atoms with Crippen LogP contribution in [0, 0.1) is 5.82 Å². The molecule has 1 aromatic heterocycles. The summed E-state index contributed by atoms with van der Waals surface area (Å²) in [5.41, 5.74) is 1.61. The molecule has 0 atom stereocenters. The van der Waals surface area contributed by atoms with E-state index >= 15 is 0 Å². The van der Waals surface area contributed by atoms with Crippen LogP contribution in [0.3, 0.4) is 0 Å². The second kappa shape index (κ2) is 6.10. The van der Waals surface area contributed by atoms with Gasteiger partial charge in [0.1, 0.15) is 11.6 Å². The van der Waals surface area contributed by atoms with Crippen molar-refractivity contribution >= 4 is 21.7 Å². The second-order valence-electron chi connectivity index (χ2n) is 4.19. The molecule has 0 saturated carbocycles. The lowest BCUT2D eigenvalue weighted by atomic mass is 10.2. The third kappa shape index (κ3) is 3.29. The molecular weight excluding hydrogens is 309 g/mol. The molecular formula is C14H15BrFN3. The largest absolute Gasteiger partial charge is 0.373 e. The lowest BCUT2D eigenvalue weighted by molar-refractivity contribution is 0.628. The highest BCUT2D eigenvalue weighted by Crippen LogP contribution is 2.27. The van der Waals surface area contributed by atoms with E-state index in [0.29, 0.717) is 11.4 Å². The fraction of sp³-hybridized carbons (Fsp3) is 0.286. The molecule has 5 heteroatoms. The van der Waals surface area contributed by atoms with Crippen LogP contribution in [-0.2, 0) is 6.42 Å². The predicted molar refractivity (Wildman–Crippen MR) is 78.7 cm³/mol.